The summed E-state index contributed by atoms with van der Waals surface area (Å²) in [4.78, 5) is 28.5. The first-order valence-corrected chi connectivity index (χ1v) is 9.46. The third-order valence-corrected chi connectivity index (χ3v) is 4.37. The van der Waals surface area contributed by atoms with Crippen LogP contribution in [0.1, 0.15) is 47.4 Å². The Morgan fingerprint density at radius 2 is 1.12 bits per heavy atom. The average molecular weight is 373 g/mol. The number of hydrogen-bond donors (Lipinski definition) is 0. The number of alkyl halides is 2. The molecule has 1 rings (SSSR count). The molecule has 0 bridgehead atoms. The van der Waals surface area contributed by atoms with E-state index in [1.165, 1.54) is 0 Å². The number of carbonyl (C=O) groups is 2. The van der Waals surface area contributed by atoms with E-state index in [0.29, 0.717) is 49.1 Å². The van der Waals surface area contributed by atoms with Crippen LogP contribution in [0.3, 0.4) is 0 Å². The Bertz CT molecular complexity index is 473. The van der Waals surface area contributed by atoms with Gasteiger partial charge in [-0.1, -0.05) is 0 Å². The summed E-state index contributed by atoms with van der Waals surface area (Å²) >= 11 is 11.4. The molecule has 2 amide bonds. The summed E-state index contributed by atoms with van der Waals surface area (Å²) in [7, 11) is 0. The summed E-state index contributed by atoms with van der Waals surface area (Å²) in [6.45, 7) is 6.44. The highest BCUT2D eigenvalue weighted by atomic mass is 35.5. The summed E-state index contributed by atoms with van der Waals surface area (Å²) < 4.78 is 0. The number of hydrogen-bond acceptors (Lipinski definition) is 2. The Kier molecular flexibility index (Phi) is 9.80. The SMILES string of the molecule is CCN(CCCCl)C(=O)c1ccc(C(=O)N(CC)CCCCl)cc1. The maximum Gasteiger partial charge on any atom is 0.253 e. The fourth-order valence-corrected chi connectivity index (χ4v) is 2.67. The smallest absolute Gasteiger partial charge is 0.253 e. The quantitative estimate of drug-likeness (QED) is 0.584. The third kappa shape index (κ3) is 5.99. The van der Waals surface area contributed by atoms with Crippen LogP contribution in [0.4, 0.5) is 0 Å². The molecule has 0 radical (unpaired) electrons. The van der Waals surface area contributed by atoms with Crippen molar-refractivity contribution in [3.05, 3.63) is 35.4 Å². The van der Waals surface area contributed by atoms with Crippen LogP contribution in [0.25, 0.3) is 0 Å². The molecule has 0 aliphatic carbocycles. The van der Waals surface area contributed by atoms with Gasteiger partial charge in [0, 0.05) is 49.1 Å². The molecule has 0 atom stereocenters. The van der Waals surface area contributed by atoms with Gasteiger partial charge in [0.25, 0.3) is 11.8 Å². The van der Waals surface area contributed by atoms with E-state index in [4.69, 9.17) is 23.2 Å². The summed E-state index contributed by atoms with van der Waals surface area (Å²) in [6.07, 6.45) is 1.54. The molecule has 0 aliphatic rings. The average Bonchev–Trinajstić information content (AvgIpc) is 2.62. The van der Waals surface area contributed by atoms with Gasteiger partial charge in [0.2, 0.25) is 0 Å². The lowest BCUT2D eigenvalue weighted by Crippen LogP contribution is -2.33. The normalized spacial score (nSPS) is 10.5. The van der Waals surface area contributed by atoms with Crippen molar-refractivity contribution in [3.63, 3.8) is 0 Å². The number of amides is 2. The largest absolute Gasteiger partial charge is 0.339 e. The molecule has 0 saturated heterocycles. The van der Waals surface area contributed by atoms with E-state index in [2.05, 4.69) is 0 Å². The first kappa shape index (κ1) is 20.8. The first-order chi connectivity index (χ1) is 11.6. The van der Waals surface area contributed by atoms with Gasteiger partial charge in [0.05, 0.1) is 0 Å². The molecule has 134 valence electrons. The van der Waals surface area contributed by atoms with Crippen LogP contribution >= 0.6 is 23.2 Å². The second-order valence-corrected chi connectivity index (χ2v) is 6.19. The molecule has 0 heterocycles. The standard InChI is InChI=1S/C18H26Cl2N2O2/c1-3-21(13-5-11-19)17(23)15-7-9-16(10-8-15)18(24)22(4-2)14-6-12-20/h7-10H,3-6,11-14H2,1-2H3. The molecule has 1 aromatic rings. The molecule has 0 aromatic heterocycles. The van der Waals surface area contributed by atoms with Crippen molar-refractivity contribution in [2.24, 2.45) is 0 Å². The van der Waals surface area contributed by atoms with Crippen LogP contribution < -0.4 is 0 Å². The summed E-state index contributed by atoms with van der Waals surface area (Å²) in [6, 6.07) is 6.87. The minimum atomic E-state index is -0.0314. The van der Waals surface area contributed by atoms with Crippen LogP contribution in [0.5, 0.6) is 0 Å². The Morgan fingerprint density at radius 1 is 0.792 bits per heavy atom. The number of benzene rings is 1. The zero-order valence-corrected chi connectivity index (χ0v) is 15.9. The molecule has 0 N–H and O–H groups in total. The maximum absolute atomic E-state index is 12.5. The van der Waals surface area contributed by atoms with Gasteiger partial charge in [0.1, 0.15) is 0 Å². The first-order valence-electron chi connectivity index (χ1n) is 8.39. The lowest BCUT2D eigenvalue weighted by molar-refractivity contribution is 0.0752. The second-order valence-electron chi connectivity index (χ2n) is 5.43. The van der Waals surface area contributed by atoms with Crippen molar-refractivity contribution < 1.29 is 9.59 Å². The Balaban J connectivity index is 2.80. The Labute approximate surface area is 154 Å². The molecule has 0 unspecified atom stereocenters. The van der Waals surface area contributed by atoms with Gasteiger partial charge in [-0.3, -0.25) is 9.59 Å². The molecule has 0 saturated carbocycles. The van der Waals surface area contributed by atoms with E-state index in [-0.39, 0.29) is 11.8 Å². The molecule has 0 fully saturated rings. The second kappa shape index (κ2) is 11.3. The number of carbonyl (C=O) groups excluding carboxylic acids is 2. The van der Waals surface area contributed by atoms with Gasteiger partial charge in [-0.15, -0.1) is 23.2 Å². The lowest BCUT2D eigenvalue weighted by Gasteiger charge is -2.22. The number of nitrogens with zero attached hydrogens (tertiary/aromatic N) is 2. The van der Waals surface area contributed by atoms with Crippen LogP contribution in [-0.2, 0) is 0 Å². The topological polar surface area (TPSA) is 40.6 Å². The molecule has 0 spiro atoms. The Hall–Kier alpha value is -1.26. The summed E-state index contributed by atoms with van der Waals surface area (Å²) in [5, 5.41) is 0. The van der Waals surface area contributed by atoms with Crippen LogP contribution in [0.15, 0.2) is 24.3 Å². The summed E-state index contributed by atoms with van der Waals surface area (Å²) in [5.41, 5.74) is 1.18. The molecule has 0 aliphatic heterocycles. The zero-order chi connectivity index (χ0) is 17.9. The van der Waals surface area contributed by atoms with Gasteiger partial charge in [-0.2, -0.15) is 0 Å². The van der Waals surface area contributed by atoms with Crippen molar-refractivity contribution >= 4 is 35.0 Å². The third-order valence-electron chi connectivity index (χ3n) is 3.84. The molecule has 1 aromatic carbocycles. The van der Waals surface area contributed by atoms with Gasteiger partial charge in [0.15, 0.2) is 0 Å². The predicted octanol–water partition coefficient (Wildman–Crippen LogP) is 3.87. The monoisotopic (exact) mass is 372 g/mol. The Morgan fingerprint density at radius 3 is 1.38 bits per heavy atom. The highest BCUT2D eigenvalue weighted by molar-refractivity contribution is 6.18. The molecular formula is C18H26Cl2N2O2. The predicted molar refractivity (Wildman–Crippen MR) is 100 cm³/mol. The molecule has 6 heteroatoms. The van der Waals surface area contributed by atoms with Crippen LogP contribution in [0.2, 0.25) is 0 Å². The van der Waals surface area contributed by atoms with Gasteiger partial charge < -0.3 is 9.80 Å². The van der Waals surface area contributed by atoms with E-state index in [1.54, 1.807) is 34.1 Å². The van der Waals surface area contributed by atoms with Crippen molar-refractivity contribution in [2.75, 3.05) is 37.9 Å². The van der Waals surface area contributed by atoms with E-state index in [1.807, 2.05) is 13.8 Å². The summed E-state index contributed by atoms with van der Waals surface area (Å²) in [5.74, 6) is 1.01. The fraction of sp³-hybridized carbons (Fsp3) is 0.556. The van der Waals surface area contributed by atoms with Gasteiger partial charge in [-0.05, 0) is 51.0 Å². The van der Waals surface area contributed by atoms with Crippen molar-refractivity contribution in [1.29, 1.82) is 0 Å². The van der Waals surface area contributed by atoms with E-state index >= 15 is 0 Å². The van der Waals surface area contributed by atoms with Crippen LogP contribution in [-0.4, -0.2) is 59.6 Å². The zero-order valence-electron chi connectivity index (χ0n) is 14.4. The number of rotatable bonds is 10. The maximum atomic E-state index is 12.5. The number of halogens is 2. The van der Waals surface area contributed by atoms with Gasteiger partial charge in [-0.25, -0.2) is 0 Å². The minimum absolute atomic E-state index is 0.0314. The van der Waals surface area contributed by atoms with Crippen LogP contribution in [0, 0.1) is 0 Å². The van der Waals surface area contributed by atoms with Crippen molar-refractivity contribution in [1.82, 2.24) is 9.80 Å². The fourth-order valence-electron chi connectivity index (χ4n) is 2.43. The lowest BCUT2D eigenvalue weighted by atomic mass is 10.1. The minimum Gasteiger partial charge on any atom is -0.339 e. The van der Waals surface area contributed by atoms with E-state index in [9.17, 15) is 9.59 Å². The van der Waals surface area contributed by atoms with E-state index in [0.717, 1.165) is 12.8 Å². The van der Waals surface area contributed by atoms with Crippen molar-refractivity contribution in [3.8, 4) is 0 Å². The van der Waals surface area contributed by atoms with E-state index < -0.39 is 0 Å². The van der Waals surface area contributed by atoms with Gasteiger partial charge >= 0.3 is 0 Å². The van der Waals surface area contributed by atoms with Crippen molar-refractivity contribution in [2.45, 2.75) is 26.7 Å². The highest BCUT2D eigenvalue weighted by Crippen LogP contribution is 2.11. The molecular weight excluding hydrogens is 347 g/mol. The molecule has 24 heavy (non-hydrogen) atoms. The highest BCUT2D eigenvalue weighted by Gasteiger charge is 2.17. The molecule has 4 nitrogen and oxygen atoms in total.